The van der Waals surface area contributed by atoms with E-state index in [1.165, 1.54) is 4.31 Å². The highest BCUT2D eigenvalue weighted by molar-refractivity contribution is 7.89. The van der Waals surface area contributed by atoms with Gasteiger partial charge in [-0.15, -0.1) is 0 Å². The van der Waals surface area contributed by atoms with E-state index in [9.17, 15) is 13.2 Å². The van der Waals surface area contributed by atoms with Gasteiger partial charge in [-0.1, -0.05) is 62.4 Å². The van der Waals surface area contributed by atoms with Crippen LogP contribution in [0.5, 0.6) is 0 Å². The van der Waals surface area contributed by atoms with Gasteiger partial charge >= 0.3 is 0 Å². The van der Waals surface area contributed by atoms with Crippen LogP contribution in [0.1, 0.15) is 13.8 Å². The third-order valence-electron chi connectivity index (χ3n) is 4.94. The second-order valence-electron chi connectivity index (χ2n) is 6.93. The molecule has 0 unspecified atom stereocenters. The first kappa shape index (κ1) is 22.5. The van der Waals surface area contributed by atoms with Crippen LogP contribution in [0, 0.1) is 0 Å². The van der Waals surface area contributed by atoms with Crippen LogP contribution < -0.4 is 10.6 Å². The smallest absolute Gasteiger partial charge is 0.243 e. The summed E-state index contributed by atoms with van der Waals surface area (Å²) in [6.45, 7) is 4.52. The van der Waals surface area contributed by atoms with Crippen molar-refractivity contribution in [1.82, 2.24) is 4.31 Å². The lowest BCUT2D eigenvalue weighted by molar-refractivity contribution is -0.114. The van der Waals surface area contributed by atoms with Crippen LogP contribution in [0.4, 0.5) is 11.4 Å². The normalized spacial score (nSPS) is 11.3. The minimum atomic E-state index is -3.49. The predicted molar refractivity (Wildman–Crippen MR) is 126 cm³/mol. The second kappa shape index (κ2) is 10.2. The molecule has 31 heavy (non-hydrogen) atoms. The molecule has 2 N–H and O–H groups in total. The Morgan fingerprint density at radius 3 is 2.10 bits per heavy atom. The second-order valence-corrected chi connectivity index (χ2v) is 8.86. The van der Waals surface area contributed by atoms with E-state index in [0.29, 0.717) is 18.8 Å². The van der Waals surface area contributed by atoms with E-state index >= 15 is 0 Å². The van der Waals surface area contributed by atoms with Crippen molar-refractivity contribution in [1.29, 1.82) is 0 Å². The molecule has 6 nitrogen and oxygen atoms in total. The highest BCUT2D eigenvalue weighted by atomic mass is 32.2. The number of sulfonamides is 1. The summed E-state index contributed by atoms with van der Waals surface area (Å²) < 4.78 is 26.5. The highest BCUT2D eigenvalue weighted by Crippen LogP contribution is 2.27. The van der Waals surface area contributed by atoms with Gasteiger partial charge in [0.15, 0.2) is 0 Å². The van der Waals surface area contributed by atoms with Gasteiger partial charge in [0, 0.05) is 30.0 Å². The number of hydrogen-bond acceptors (Lipinski definition) is 4. The first-order chi connectivity index (χ1) is 15.0. The molecule has 0 aliphatic carbocycles. The van der Waals surface area contributed by atoms with Crippen molar-refractivity contribution < 1.29 is 13.2 Å². The van der Waals surface area contributed by atoms with Gasteiger partial charge in [0.1, 0.15) is 0 Å². The van der Waals surface area contributed by atoms with E-state index in [-0.39, 0.29) is 17.3 Å². The van der Waals surface area contributed by atoms with Crippen molar-refractivity contribution in [3.8, 4) is 11.1 Å². The zero-order valence-corrected chi connectivity index (χ0v) is 18.5. The molecule has 7 heteroatoms. The largest absolute Gasteiger partial charge is 0.376 e. The fraction of sp³-hybridized carbons (Fsp3) is 0.208. The number of hydrogen-bond donors (Lipinski definition) is 2. The van der Waals surface area contributed by atoms with E-state index in [1.807, 2.05) is 68.4 Å². The van der Waals surface area contributed by atoms with Crippen molar-refractivity contribution in [3.05, 3.63) is 78.9 Å². The van der Waals surface area contributed by atoms with E-state index in [0.717, 1.165) is 16.8 Å². The summed E-state index contributed by atoms with van der Waals surface area (Å²) in [5, 5.41) is 5.98. The number of nitrogens with one attached hydrogen (secondary N) is 2. The summed E-state index contributed by atoms with van der Waals surface area (Å²) in [5.41, 5.74) is 3.38. The highest BCUT2D eigenvalue weighted by Gasteiger charge is 2.21. The number of benzene rings is 3. The molecule has 0 radical (unpaired) electrons. The Hall–Kier alpha value is -3.16. The average molecular weight is 438 g/mol. The Bertz CT molecular complexity index is 1110. The molecule has 162 valence electrons. The topological polar surface area (TPSA) is 78.5 Å². The molecular formula is C24H27N3O3S. The van der Waals surface area contributed by atoms with Crippen molar-refractivity contribution >= 4 is 27.3 Å². The lowest BCUT2D eigenvalue weighted by Crippen LogP contribution is -2.30. The zero-order valence-electron chi connectivity index (χ0n) is 17.7. The Balaban J connectivity index is 1.64. The van der Waals surface area contributed by atoms with Gasteiger partial charge in [0.2, 0.25) is 15.9 Å². The quantitative estimate of drug-likeness (QED) is 0.519. The van der Waals surface area contributed by atoms with E-state index in [1.54, 1.807) is 24.3 Å². The number of rotatable bonds is 9. The summed E-state index contributed by atoms with van der Waals surface area (Å²) >= 11 is 0. The van der Waals surface area contributed by atoms with Crippen LogP contribution in [0.3, 0.4) is 0 Å². The minimum absolute atomic E-state index is 0.0608. The molecule has 0 heterocycles. The number of para-hydroxylation sites is 1. The molecule has 0 fully saturated rings. The molecule has 0 saturated carbocycles. The molecule has 0 aliphatic rings. The molecule has 0 aromatic heterocycles. The molecule has 0 aliphatic heterocycles. The summed E-state index contributed by atoms with van der Waals surface area (Å²) in [5.74, 6) is -0.191. The molecule has 3 aromatic carbocycles. The fourth-order valence-electron chi connectivity index (χ4n) is 3.30. The maximum absolute atomic E-state index is 12.6. The first-order valence-corrected chi connectivity index (χ1v) is 11.7. The summed E-state index contributed by atoms with van der Waals surface area (Å²) in [6, 6.07) is 24.0. The van der Waals surface area contributed by atoms with Crippen molar-refractivity contribution in [3.63, 3.8) is 0 Å². The van der Waals surface area contributed by atoms with Crippen molar-refractivity contribution in [2.75, 3.05) is 30.3 Å². The van der Waals surface area contributed by atoms with Gasteiger partial charge in [0.25, 0.3) is 0 Å². The number of carbonyl (C=O) groups excluding carboxylic acids is 1. The maximum atomic E-state index is 12.6. The SMILES string of the molecule is CCN(CC)S(=O)(=O)c1ccc(NCC(=O)Nc2ccccc2-c2ccccc2)cc1. The van der Waals surface area contributed by atoms with E-state index in [4.69, 9.17) is 0 Å². The number of nitrogens with zero attached hydrogens (tertiary/aromatic N) is 1. The van der Waals surface area contributed by atoms with Gasteiger partial charge in [0.05, 0.1) is 11.4 Å². The van der Waals surface area contributed by atoms with Crippen LogP contribution >= 0.6 is 0 Å². The summed E-state index contributed by atoms with van der Waals surface area (Å²) in [6.07, 6.45) is 0. The Labute approximate surface area is 184 Å². The van der Waals surface area contributed by atoms with Gasteiger partial charge in [-0.3, -0.25) is 4.79 Å². The number of anilines is 2. The minimum Gasteiger partial charge on any atom is -0.376 e. The molecule has 0 bridgehead atoms. The zero-order chi connectivity index (χ0) is 22.3. The third-order valence-corrected chi connectivity index (χ3v) is 7.00. The van der Waals surface area contributed by atoms with E-state index < -0.39 is 10.0 Å². The standard InChI is InChI=1S/C24H27N3O3S/c1-3-27(4-2)31(29,30)21-16-14-20(15-17-21)25-18-24(28)26-23-13-9-8-12-22(23)19-10-6-5-7-11-19/h5-17,25H,3-4,18H2,1-2H3,(H,26,28). The lowest BCUT2D eigenvalue weighted by atomic mass is 10.0. The summed E-state index contributed by atoms with van der Waals surface area (Å²) in [4.78, 5) is 12.7. The van der Waals surface area contributed by atoms with Gasteiger partial charge in [-0.05, 0) is 35.9 Å². The molecule has 3 aromatic rings. The van der Waals surface area contributed by atoms with E-state index in [2.05, 4.69) is 10.6 Å². The fourth-order valence-corrected chi connectivity index (χ4v) is 4.75. The third kappa shape index (κ3) is 5.51. The van der Waals surface area contributed by atoms with Gasteiger partial charge < -0.3 is 10.6 Å². The Morgan fingerprint density at radius 1 is 0.839 bits per heavy atom. The Kier molecular flexibility index (Phi) is 7.44. The Morgan fingerprint density at radius 2 is 1.45 bits per heavy atom. The van der Waals surface area contributed by atoms with Crippen molar-refractivity contribution in [2.24, 2.45) is 0 Å². The van der Waals surface area contributed by atoms with Crippen molar-refractivity contribution in [2.45, 2.75) is 18.7 Å². The molecular weight excluding hydrogens is 410 g/mol. The van der Waals surface area contributed by atoms with Crippen LogP contribution in [-0.2, 0) is 14.8 Å². The average Bonchev–Trinajstić information content (AvgIpc) is 2.79. The molecule has 0 saturated heterocycles. The lowest BCUT2D eigenvalue weighted by Gasteiger charge is -2.18. The molecule has 3 rings (SSSR count). The van der Waals surface area contributed by atoms with Crippen LogP contribution in [-0.4, -0.2) is 38.3 Å². The predicted octanol–water partition coefficient (Wildman–Crippen LogP) is 4.43. The number of amides is 1. The monoisotopic (exact) mass is 437 g/mol. The molecule has 1 amide bonds. The molecule has 0 atom stereocenters. The summed E-state index contributed by atoms with van der Waals surface area (Å²) in [7, 11) is -3.49. The number of carbonyl (C=O) groups is 1. The maximum Gasteiger partial charge on any atom is 0.243 e. The van der Waals surface area contributed by atoms with Crippen LogP contribution in [0.15, 0.2) is 83.8 Å². The van der Waals surface area contributed by atoms with Crippen LogP contribution in [0.2, 0.25) is 0 Å². The van der Waals surface area contributed by atoms with Gasteiger partial charge in [-0.2, -0.15) is 4.31 Å². The van der Waals surface area contributed by atoms with Gasteiger partial charge in [-0.25, -0.2) is 8.42 Å². The van der Waals surface area contributed by atoms with Crippen LogP contribution in [0.25, 0.3) is 11.1 Å². The molecule has 0 spiro atoms. The first-order valence-electron chi connectivity index (χ1n) is 10.2.